The van der Waals surface area contributed by atoms with Crippen molar-refractivity contribution in [1.29, 1.82) is 0 Å². The van der Waals surface area contributed by atoms with Gasteiger partial charge in [-0.2, -0.15) is 6.08 Å². The van der Waals surface area contributed by atoms with E-state index >= 15 is 0 Å². The number of allylic oxidation sites excluding steroid dienone is 4. The van der Waals surface area contributed by atoms with Crippen molar-refractivity contribution in [1.82, 2.24) is 4.57 Å². The van der Waals surface area contributed by atoms with Crippen molar-refractivity contribution < 1.29 is 29.7 Å². The summed E-state index contributed by atoms with van der Waals surface area (Å²) in [6, 6.07) is 22.1. The molecule has 4 heteroatoms. The molecule has 0 saturated carbocycles. The van der Waals surface area contributed by atoms with Crippen LogP contribution in [0.25, 0.3) is 27.4 Å². The molecule has 0 spiro atoms. The van der Waals surface area contributed by atoms with E-state index in [0.717, 1.165) is 6.42 Å². The van der Waals surface area contributed by atoms with Crippen molar-refractivity contribution in [2.24, 2.45) is 0 Å². The van der Waals surface area contributed by atoms with Crippen LogP contribution in [0.5, 0.6) is 0 Å². The first kappa shape index (κ1) is 20.1. The Bertz CT molecular complexity index is 1120. The zero-order valence-corrected chi connectivity index (χ0v) is 18.5. The van der Waals surface area contributed by atoms with E-state index in [2.05, 4.69) is 77.4 Å². The van der Waals surface area contributed by atoms with Gasteiger partial charge in [-0.15, -0.1) is 47.5 Å². The van der Waals surface area contributed by atoms with Crippen LogP contribution in [-0.4, -0.2) is 4.57 Å². The summed E-state index contributed by atoms with van der Waals surface area (Å²) in [5, 5.41) is 4.10. The molecule has 0 bridgehead atoms. The monoisotopic (exact) mass is 463 g/mol. The first-order valence-corrected chi connectivity index (χ1v) is 11.6. The fraction of sp³-hybridized carbons (Fsp3) is 0.160. The number of para-hydroxylation sites is 1. The maximum atomic E-state index is 9.80. The Morgan fingerprint density at radius 2 is 1.79 bits per heavy atom. The molecule has 0 aliphatic heterocycles. The topological polar surface area (TPSA) is 4.93 Å². The van der Waals surface area contributed by atoms with Gasteiger partial charge in [0, 0.05) is 11.1 Å². The molecule has 3 aromatic carbocycles. The summed E-state index contributed by atoms with van der Waals surface area (Å²) in [4.78, 5) is 0. The number of rotatable bonds is 1. The number of hydrogen-bond acceptors (Lipinski definition) is 0. The molecule has 1 aromatic heterocycles. The summed E-state index contributed by atoms with van der Waals surface area (Å²) in [6.07, 6.45) is 13.7. The molecule has 29 heavy (non-hydrogen) atoms. The smallest absolute Gasteiger partial charge is 0.0516 e. The van der Waals surface area contributed by atoms with E-state index in [-0.39, 0.29) is 0 Å². The van der Waals surface area contributed by atoms with Gasteiger partial charge in [-0.05, 0) is 36.6 Å². The third kappa shape index (κ3) is 4.23. The minimum atomic E-state index is -2.77. The zero-order chi connectivity index (χ0) is 20.1. The van der Waals surface area contributed by atoms with E-state index in [1.54, 1.807) is 5.56 Å². The van der Waals surface area contributed by atoms with Crippen LogP contribution in [-0.2, 0) is 37.3 Å². The second-order valence-corrected chi connectivity index (χ2v) is 7.40. The fourth-order valence-electron chi connectivity index (χ4n) is 4.23. The molecule has 1 nitrogen and oxygen atoms in total. The summed E-state index contributed by atoms with van der Waals surface area (Å²) in [7, 11) is 0. The van der Waals surface area contributed by atoms with Gasteiger partial charge >= 0.3 is 29.7 Å². The third-order valence-corrected chi connectivity index (χ3v) is 5.38. The SMILES string of the molecule is [C-]1=CC=CC1.[F][Zr+2][F].c1ccc2[cH-]c(-n3c4c(c5ccccc53)CCC4)cc2c1. The molecule has 4 aromatic rings. The Balaban J connectivity index is 0.000000218. The number of halogens is 2. The van der Waals surface area contributed by atoms with E-state index < -0.39 is 24.5 Å². The number of aromatic nitrogens is 1. The van der Waals surface area contributed by atoms with Gasteiger partial charge in [-0.1, -0.05) is 24.3 Å². The van der Waals surface area contributed by atoms with Crippen molar-refractivity contribution in [3.8, 4) is 5.69 Å². The largest absolute Gasteiger partial charge is 0.332 e. The molecule has 0 unspecified atom stereocenters. The predicted molar refractivity (Wildman–Crippen MR) is 112 cm³/mol. The molecule has 144 valence electrons. The van der Waals surface area contributed by atoms with Crippen LogP contribution in [0, 0.1) is 6.08 Å². The van der Waals surface area contributed by atoms with Gasteiger partial charge in [-0.25, -0.2) is 12.2 Å². The van der Waals surface area contributed by atoms with Gasteiger partial charge < -0.3 is 4.57 Å². The average Bonchev–Trinajstić information content (AvgIpc) is 3.53. The van der Waals surface area contributed by atoms with Crippen LogP contribution < -0.4 is 0 Å². The molecule has 2 aliphatic carbocycles. The number of nitrogens with zero attached hydrogens (tertiary/aromatic N) is 1. The Kier molecular flexibility index (Phi) is 6.61. The van der Waals surface area contributed by atoms with Gasteiger partial charge in [0.1, 0.15) is 0 Å². The van der Waals surface area contributed by atoms with Crippen molar-refractivity contribution in [3.05, 3.63) is 96.2 Å². The van der Waals surface area contributed by atoms with Crippen molar-refractivity contribution >= 4 is 21.7 Å². The van der Waals surface area contributed by atoms with Crippen molar-refractivity contribution in [2.45, 2.75) is 25.7 Å². The van der Waals surface area contributed by atoms with Crippen molar-refractivity contribution in [2.75, 3.05) is 0 Å². The minimum absolute atomic E-state index is 1.01. The molecular formula is C25H21F2NZr. The van der Waals surface area contributed by atoms with Crippen LogP contribution in [0.1, 0.15) is 24.1 Å². The van der Waals surface area contributed by atoms with Gasteiger partial charge in [-0.3, -0.25) is 6.08 Å². The van der Waals surface area contributed by atoms with E-state index in [9.17, 15) is 5.25 Å². The average molecular weight is 465 g/mol. The standard InChI is InChI=1S/C20H16N.C5H5.2FH.Zr/c1-2-7-15-13-16(12-14(15)6-1)21-19-10-4-3-8-17(19)18-9-5-11-20(18)21;1-2-4-5-3-1;;;/h1-4,6-8,10,12-13H,5,9,11H2;1-3H,4H2;2*1H;/q2*-1;;;+4/p-2. The number of benzene rings is 2. The van der Waals surface area contributed by atoms with Crippen LogP contribution >= 0.6 is 0 Å². The molecule has 0 amide bonds. The number of fused-ring (bicyclic) bond motifs is 4. The van der Waals surface area contributed by atoms with Crippen LogP contribution in [0.15, 0.2) is 78.9 Å². The van der Waals surface area contributed by atoms with Crippen LogP contribution in [0.2, 0.25) is 0 Å². The molecule has 6 rings (SSSR count). The van der Waals surface area contributed by atoms with E-state index in [1.807, 2.05) is 12.2 Å². The normalized spacial score (nSPS) is 13.6. The number of aryl methyl sites for hydroxylation is 1. The van der Waals surface area contributed by atoms with Crippen molar-refractivity contribution in [3.63, 3.8) is 0 Å². The Morgan fingerprint density at radius 1 is 1.00 bits per heavy atom. The zero-order valence-electron chi connectivity index (χ0n) is 16.0. The second-order valence-electron chi connectivity index (χ2n) is 7.05. The van der Waals surface area contributed by atoms with Gasteiger partial charge in [0.25, 0.3) is 0 Å². The van der Waals surface area contributed by atoms with Crippen LogP contribution in [0.3, 0.4) is 0 Å². The molecule has 0 saturated heterocycles. The minimum Gasteiger partial charge on any atom is -0.332 e. The fourth-order valence-corrected chi connectivity index (χ4v) is 4.23. The predicted octanol–water partition coefficient (Wildman–Crippen LogP) is 7.13. The summed E-state index contributed by atoms with van der Waals surface area (Å²) in [5.74, 6) is 0. The maximum Gasteiger partial charge on any atom is 0.0516 e. The Labute approximate surface area is 183 Å². The van der Waals surface area contributed by atoms with Gasteiger partial charge in [0.15, 0.2) is 0 Å². The van der Waals surface area contributed by atoms with Gasteiger partial charge in [0.2, 0.25) is 0 Å². The molecule has 2 aliphatic rings. The first-order chi connectivity index (χ1) is 14.3. The molecular weight excluding hydrogens is 444 g/mol. The summed E-state index contributed by atoms with van der Waals surface area (Å²) in [6.45, 7) is 0. The summed E-state index contributed by atoms with van der Waals surface area (Å²) in [5.41, 5.74) is 5.76. The van der Waals surface area contributed by atoms with E-state index in [0.29, 0.717) is 0 Å². The summed E-state index contributed by atoms with van der Waals surface area (Å²) < 4.78 is 22.1. The van der Waals surface area contributed by atoms with E-state index in [1.165, 1.54) is 52.3 Å². The first-order valence-electron chi connectivity index (χ1n) is 9.78. The quantitative estimate of drug-likeness (QED) is 0.264. The van der Waals surface area contributed by atoms with Gasteiger partial charge in [0.05, 0.1) is 5.52 Å². The van der Waals surface area contributed by atoms with Crippen LogP contribution in [0.4, 0.5) is 5.25 Å². The third-order valence-electron chi connectivity index (χ3n) is 5.38. The Morgan fingerprint density at radius 3 is 2.52 bits per heavy atom. The molecule has 0 atom stereocenters. The molecule has 0 fully saturated rings. The molecule has 0 radical (unpaired) electrons. The molecule has 1 heterocycles. The second kappa shape index (κ2) is 9.54. The number of hydrogen-bond donors (Lipinski definition) is 0. The maximum absolute atomic E-state index is 9.80. The molecule has 0 N–H and O–H groups in total. The summed E-state index contributed by atoms with van der Waals surface area (Å²) >= 11 is -2.77. The Hall–Kier alpha value is -2.19. The van der Waals surface area contributed by atoms with E-state index in [4.69, 9.17) is 0 Å².